The Kier molecular flexibility index (Phi) is 4.47. The monoisotopic (exact) mass is 308 g/mol. The Balaban J connectivity index is 2.08. The summed E-state index contributed by atoms with van der Waals surface area (Å²) in [6, 6.07) is 11.6. The molecule has 0 atom stereocenters. The molecule has 112 valence electrons. The number of halogens is 1. The summed E-state index contributed by atoms with van der Waals surface area (Å²) in [5.74, 6) is -0.254. The molecule has 0 aliphatic rings. The van der Waals surface area contributed by atoms with Gasteiger partial charge in [-0.15, -0.1) is 0 Å². The van der Waals surface area contributed by atoms with Crippen LogP contribution in [0, 0.1) is 12.7 Å². The van der Waals surface area contributed by atoms with Crippen LogP contribution in [-0.2, 0) is 16.6 Å². The number of benzene rings is 2. The van der Waals surface area contributed by atoms with Crippen LogP contribution in [0.25, 0.3) is 0 Å². The van der Waals surface area contributed by atoms with E-state index in [0.29, 0.717) is 12.2 Å². The molecule has 0 aromatic heterocycles. The third-order valence-corrected chi connectivity index (χ3v) is 3.56. The van der Waals surface area contributed by atoms with Gasteiger partial charge in [0.2, 0.25) is 10.0 Å². The highest BCUT2D eigenvalue weighted by Crippen LogP contribution is 2.18. The highest BCUT2D eigenvalue weighted by atomic mass is 32.2. The minimum atomic E-state index is -3.29. The van der Waals surface area contributed by atoms with Gasteiger partial charge in [-0.1, -0.05) is 12.1 Å². The molecule has 0 aliphatic carbocycles. The van der Waals surface area contributed by atoms with E-state index in [2.05, 4.69) is 10.0 Å². The van der Waals surface area contributed by atoms with Crippen LogP contribution >= 0.6 is 0 Å². The molecule has 0 spiro atoms. The zero-order valence-corrected chi connectivity index (χ0v) is 12.7. The number of anilines is 2. The second kappa shape index (κ2) is 6.13. The Morgan fingerprint density at radius 2 is 1.81 bits per heavy atom. The van der Waals surface area contributed by atoms with E-state index in [1.165, 1.54) is 12.1 Å². The van der Waals surface area contributed by atoms with Crippen LogP contribution in [0.1, 0.15) is 11.1 Å². The highest BCUT2D eigenvalue weighted by molar-refractivity contribution is 7.92. The Morgan fingerprint density at radius 3 is 2.48 bits per heavy atom. The van der Waals surface area contributed by atoms with Gasteiger partial charge in [-0.2, -0.15) is 0 Å². The van der Waals surface area contributed by atoms with E-state index in [0.717, 1.165) is 23.1 Å². The van der Waals surface area contributed by atoms with E-state index in [9.17, 15) is 12.8 Å². The van der Waals surface area contributed by atoms with Crippen LogP contribution in [0.4, 0.5) is 15.8 Å². The maximum absolute atomic E-state index is 13.0. The third-order valence-electron chi connectivity index (χ3n) is 2.95. The first-order chi connectivity index (χ1) is 9.83. The predicted molar refractivity (Wildman–Crippen MR) is 83.4 cm³/mol. The zero-order chi connectivity index (χ0) is 15.5. The molecule has 0 heterocycles. The lowest BCUT2D eigenvalue weighted by molar-refractivity contribution is 0.607. The molecule has 21 heavy (non-hydrogen) atoms. The van der Waals surface area contributed by atoms with E-state index >= 15 is 0 Å². The van der Waals surface area contributed by atoms with Crippen molar-refractivity contribution in [1.82, 2.24) is 0 Å². The summed E-state index contributed by atoms with van der Waals surface area (Å²) < 4.78 is 37.9. The first-order valence-electron chi connectivity index (χ1n) is 6.40. The van der Waals surface area contributed by atoms with E-state index in [4.69, 9.17) is 0 Å². The number of aryl methyl sites for hydroxylation is 1. The molecular weight excluding hydrogens is 291 g/mol. The molecule has 0 bridgehead atoms. The van der Waals surface area contributed by atoms with E-state index < -0.39 is 10.0 Å². The Morgan fingerprint density at radius 1 is 1.10 bits per heavy atom. The molecular formula is C15H17FN2O2S. The van der Waals surface area contributed by atoms with Gasteiger partial charge in [0.05, 0.1) is 11.9 Å². The standard InChI is InChI=1S/C15H17FN2O2S/c1-11-8-13(16)7-6-12(11)10-17-14-4-3-5-15(9-14)18-21(2,19)20/h3-9,17-18H,10H2,1-2H3. The van der Waals surface area contributed by atoms with Gasteiger partial charge in [-0.05, 0) is 48.4 Å². The smallest absolute Gasteiger partial charge is 0.229 e. The Hall–Kier alpha value is -2.08. The van der Waals surface area contributed by atoms with Gasteiger partial charge in [0.1, 0.15) is 5.82 Å². The Bertz CT molecular complexity index is 745. The van der Waals surface area contributed by atoms with Crippen LogP contribution in [-0.4, -0.2) is 14.7 Å². The number of sulfonamides is 1. The minimum absolute atomic E-state index is 0.254. The minimum Gasteiger partial charge on any atom is -0.381 e. The first kappa shape index (κ1) is 15.3. The van der Waals surface area contributed by atoms with E-state index in [1.807, 2.05) is 13.0 Å². The van der Waals surface area contributed by atoms with Crippen molar-refractivity contribution in [1.29, 1.82) is 0 Å². The molecule has 0 aliphatic heterocycles. The summed E-state index contributed by atoms with van der Waals surface area (Å²) in [6.07, 6.45) is 1.11. The zero-order valence-electron chi connectivity index (χ0n) is 11.9. The van der Waals surface area contributed by atoms with Crippen molar-refractivity contribution in [2.75, 3.05) is 16.3 Å². The maximum Gasteiger partial charge on any atom is 0.229 e. The number of nitrogens with one attached hydrogen (secondary N) is 2. The SMILES string of the molecule is Cc1cc(F)ccc1CNc1cccc(NS(C)(=O)=O)c1. The molecule has 2 rings (SSSR count). The normalized spacial score (nSPS) is 11.2. The summed E-state index contributed by atoms with van der Waals surface area (Å²) in [4.78, 5) is 0. The fourth-order valence-corrected chi connectivity index (χ4v) is 2.52. The van der Waals surface area contributed by atoms with Gasteiger partial charge < -0.3 is 5.32 Å². The number of rotatable bonds is 5. The molecule has 2 N–H and O–H groups in total. The fraction of sp³-hybridized carbons (Fsp3) is 0.200. The largest absolute Gasteiger partial charge is 0.381 e. The Labute approximate surface area is 124 Å². The number of hydrogen-bond acceptors (Lipinski definition) is 3. The molecule has 0 saturated heterocycles. The topological polar surface area (TPSA) is 58.2 Å². The summed E-state index contributed by atoms with van der Waals surface area (Å²) in [5, 5.41) is 3.19. The molecule has 6 heteroatoms. The average Bonchev–Trinajstić information content (AvgIpc) is 2.36. The summed E-state index contributed by atoms with van der Waals surface area (Å²) in [5.41, 5.74) is 3.14. The van der Waals surface area contributed by atoms with Crippen molar-refractivity contribution in [3.63, 3.8) is 0 Å². The average molecular weight is 308 g/mol. The van der Waals surface area contributed by atoms with Crippen LogP contribution in [0.2, 0.25) is 0 Å². The van der Waals surface area contributed by atoms with Gasteiger partial charge >= 0.3 is 0 Å². The van der Waals surface area contributed by atoms with Crippen molar-refractivity contribution in [2.45, 2.75) is 13.5 Å². The van der Waals surface area contributed by atoms with Gasteiger partial charge in [-0.3, -0.25) is 4.72 Å². The molecule has 0 saturated carbocycles. The summed E-state index contributed by atoms with van der Waals surface area (Å²) in [7, 11) is -3.29. The van der Waals surface area contributed by atoms with Gasteiger partial charge in [0.15, 0.2) is 0 Å². The number of hydrogen-bond donors (Lipinski definition) is 2. The second-order valence-corrected chi connectivity index (χ2v) is 6.63. The molecule has 2 aromatic rings. The quantitative estimate of drug-likeness (QED) is 0.892. The van der Waals surface area contributed by atoms with E-state index in [1.54, 1.807) is 24.3 Å². The predicted octanol–water partition coefficient (Wildman–Crippen LogP) is 3.12. The molecule has 0 fully saturated rings. The van der Waals surface area contributed by atoms with E-state index in [-0.39, 0.29) is 5.82 Å². The summed E-state index contributed by atoms with van der Waals surface area (Å²) in [6.45, 7) is 2.39. The van der Waals surface area contributed by atoms with Gasteiger partial charge in [-0.25, -0.2) is 12.8 Å². The van der Waals surface area contributed by atoms with Crippen molar-refractivity contribution in [3.8, 4) is 0 Å². The molecule has 0 unspecified atom stereocenters. The lowest BCUT2D eigenvalue weighted by Crippen LogP contribution is -2.09. The molecule has 0 radical (unpaired) electrons. The van der Waals surface area contributed by atoms with Crippen molar-refractivity contribution < 1.29 is 12.8 Å². The van der Waals surface area contributed by atoms with Crippen molar-refractivity contribution in [3.05, 3.63) is 59.4 Å². The first-order valence-corrected chi connectivity index (χ1v) is 8.29. The molecule has 0 amide bonds. The lowest BCUT2D eigenvalue weighted by Gasteiger charge is -2.11. The van der Waals surface area contributed by atoms with Crippen LogP contribution in [0.5, 0.6) is 0 Å². The van der Waals surface area contributed by atoms with Gasteiger partial charge in [0, 0.05) is 12.2 Å². The molecule has 2 aromatic carbocycles. The fourth-order valence-electron chi connectivity index (χ4n) is 1.96. The van der Waals surface area contributed by atoms with Gasteiger partial charge in [0.25, 0.3) is 0 Å². The third kappa shape index (κ3) is 4.75. The van der Waals surface area contributed by atoms with Crippen molar-refractivity contribution >= 4 is 21.4 Å². The maximum atomic E-state index is 13.0. The highest BCUT2D eigenvalue weighted by Gasteiger charge is 2.03. The molecule has 4 nitrogen and oxygen atoms in total. The van der Waals surface area contributed by atoms with Crippen molar-refractivity contribution in [2.24, 2.45) is 0 Å². The lowest BCUT2D eigenvalue weighted by atomic mass is 10.1. The van der Waals surface area contributed by atoms with Crippen LogP contribution < -0.4 is 10.0 Å². The second-order valence-electron chi connectivity index (χ2n) is 4.88. The van der Waals surface area contributed by atoms with Crippen LogP contribution in [0.3, 0.4) is 0 Å². The summed E-state index contributed by atoms with van der Waals surface area (Å²) >= 11 is 0. The van der Waals surface area contributed by atoms with Crippen LogP contribution in [0.15, 0.2) is 42.5 Å².